The second-order valence-corrected chi connectivity index (χ2v) is 6.90. The monoisotopic (exact) mass is 357 g/mol. The fourth-order valence-corrected chi connectivity index (χ4v) is 4.06. The van der Waals surface area contributed by atoms with Crippen molar-refractivity contribution in [2.24, 2.45) is 0 Å². The molecule has 1 unspecified atom stereocenters. The lowest BCUT2D eigenvalue weighted by Crippen LogP contribution is -2.46. The molecule has 0 radical (unpaired) electrons. The Balaban J connectivity index is 1.74. The Morgan fingerprint density at radius 3 is 2.36 bits per heavy atom. The minimum Gasteiger partial charge on any atom is -0.371 e. The molecule has 138 valence electrons. The van der Waals surface area contributed by atoms with Crippen molar-refractivity contribution in [3.05, 3.63) is 33.9 Å². The van der Waals surface area contributed by atoms with E-state index in [2.05, 4.69) is 11.8 Å². The van der Waals surface area contributed by atoms with E-state index >= 15 is 0 Å². The number of likely N-dealkylation sites (tertiary alicyclic amines) is 1. The lowest BCUT2D eigenvalue weighted by Gasteiger charge is -2.39. The van der Waals surface area contributed by atoms with Crippen molar-refractivity contribution < 1.29 is 18.1 Å². The average Bonchev–Trinajstić information content (AvgIpc) is 2.99. The quantitative estimate of drug-likeness (QED) is 0.604. The topological polar surface area (TPSA) is 49.6 Å². The summed E-state index contributed by atoms with van der Waals surface area (Å²) < 4.78 is 39.4. The number of nitro benzene ring substituents is 1. The van der Waals surface area contributed by atoms with Crippen LogP contribution in [0, 0.1) is 10.1 Å². The number of hydrogen-bond donors (Lipinski definition) is 0. The first-order chi connectivity index (χ1) is 11.8. The van der Waals surface area contributed by atoms with Crippen LogP contribution in [0.3, 0.4) is 0 Å². The van der Waals surface area contributed by atoms with Gasteiger partial charge in [0.05, 0.1) is 4.92 Å². The van der Waals surface area contributed by atoms with Crippen LogP contribution >= 0.6 is 0 Å². The van der Waals surface area contributed by atoms with Crippen LogP contribution in [-0.2, 0) is 6.18 Å². The van der Waals surface area contributed by atoms with E-state index in [0.29, 0.717) is 30.9 Å². The molecule has 0 amide bonds. The molecule has 0 aliphatic carbocycles. The van der Waals surface area contributed by atoms with Crippen molar-refractivity contribution in [3.63, 3.8) is 0 Å². The number of benzene rings is 1. The molecule has 5 nitrogen and oxygen atoms in total. The Bertz CT molecular complexity index is 643. The van der Waals surface area contributed by atoms with Crippen LogP contribution < -0.4 is 4.90 Å². The molecule has 1 aromatic carbocycles. The fraction of sp³-hybridized carbons (Fsp3) is 0.647. The molecule has 3 rings (SSSR count). The van der Waals surface area contributed by atoms with E-state index in [0.717, 1.165) is 31.5 Å². The summed E-state index contributed by atoms with van der Waals surface area (Å²) in [5, 5.41) is 10.9. The first kappa shape index (κ1) is 18.0. The molecule has 2 saturated heterocycles. The minimum atomic E-state index is -4.73. The molecule has 0 spiro atoms. The Labute approximate surface area is 144 Å². The zero-order valence-corrected chi connectivity index (χ0v) is 14.1. The zero-order chi connectivity index (χ0) is 18.2. The van der Waals surface area contributed by atoms with Crippen LogP contribution in [0.15, 0.2) is 18.2 Å². The molecule has 25 heavy (non-hydrogen) atoms. The third-order valence-corrected chi connectivity index (χ3v) is 5.39. The van der Waals surface area contributed by atoms with E-state index in [1.807, 2.05) is 4.90 Å². The van der Waals surface area contributed by atoms with Gasteiger partial charge >= 0.3 is 6.18 Å². The summed E-state index contributed by atoms with van der Waals surface area (Å²) in [6.07, 6.45) is -0.511. The van der Waals surface area contributed by atoms with Crippen molar-refractivity contribution in [1.82, 2.24) is 4.90 Å². The van der Waals surface area contributed by atoms with E-state index in [1.54, 1.807) is 0 Å². The predicted octanol–water partition coefficient (Wildman–Crippen LogP) is 4.07. The van der Waals surface area contributed by atoms with Crippen LogP contribution in [0.2, 0.25) is 0 Å². The molecule has 0 saturated carbocycles. The fourth-order valence-electron chi connectivity index (χ4n) is 4.06. The van der Waals surface area contributed by atoms with Crippen molar-refractivity contribution in [2.75, 3.05) is 24.5 Å². The van der Waals surface area contributed by atoms with Crippen molar-refractivity contribution >= 4 is 11.4 Å². The second kappa shape index (κ2) is 6.82. The van der Waals surface area contributed by atoms with Crippen molar-refractivity contribution in [3.8, 4) is 0 Å². The summed E-state index contributed by atoms with van der Waals surface area (Å²) in [5.41, 5.74) is -1.66. The maximum atomic E-state index is 13.1. The molecular weight excluding hydrogens is 335 g/mol. The van der Waals surface area contributed by atoms with Gasteiger partial charge in [0.1, 0.15) is 5.56 Å². The van der Waals surface area contributed by atoms with Crippen LogP contribution in [-0.4, -0.2) is 41.5 Å². The van der Waals surface area contributed by atoms with E-state index in [4.69, 9.17) is 0 Å². The second-order valence-electron chi connectivity index (χ2n) is 6.90. The van der Waals surface area contributed by atoms with Gasteiger partial charge in [-0.1, -0.05) is 0 Å². The maximum Gasteiger partial charge on any atom is 0.423 e. The molecule has 1 atom stereocenters. The Kier molecular flexibility index (Phi) is 4.90. The summed E-state index contributed by atoms with van der Waals surface area (Å²) in [4.78, 5) is 14.3. The number of alkyl halides is 3. The number of hydrogen-bond acceptors (Lipinski definition) is 4. The number of halogens is 3. The van der Waals surface area contributed by atoms with Crippen LogP contribution in [0.25, 0.3) is 0 Å². The van der Waals surface area contributed by atoms with Crippen LogP contribution in [0.4, 0.5) is 24.5 Å². The third kappa shape index (κ3) is 3.73. The minimum absolute atomic E-state index is 0.408. The molecule has 2 fully saturated rings. The smallest absolute Gasteiger partial charge is 0.371 e. The molecule has 1 aromatic rings. The Morgan fingerprint density at radius 1 is 1.16 bits per heavy atom. The highest BCUT2D eigenvalue weighted by Gasteiger charge is 2.39. The van der Waals surface area contributed by atoms with E-state index in [-0.39, 0.29) is 0 Å². The number of nitro groups is 1. The maximum absolute atomic E-state index is 13.1. The molecule has 0 N–H and O–H groups in total. The average molecular weight is 357 g/mol. The van der Waals surface area contributed by atoms with Gasteiger partial charge in [-0.2, -0.15) is 13.2 Å². The van der Waals surface area contributed by atoms with Gasteiger partial charge in [-0.15, -0.1) is 0 Å². The van der Waals surface area contributed by atoms with Gasteiger partial charge in [-0.3, -0.25) is 15.0 Å². The predicted molar refractivity (Wildman–Crippen MR) is 88.7 cm³/mol. The molecule has 0 aromatic heterocycles. The molecule has 2 aliphatic rings. The third-order valence-electron chi connectivity index (χ3n) is 5.39. The van der Waals surface area contributed by atoms with E-state index < -0.39 is 22.4 Å². The van der Waals surface area contributed by atoms with E-state index in [1.165, 1.54) is 18.9 Å². The standard InChI is InChI=1S/C17H22F3N3O2/c1-12-3-2-8-22(12)13-6-9-21(10-7-13)14-4-5-16(23(24)25)15(11-14)17(18,19)20/h4-5,11-13H,2-3,6-10H2,1H3. The molecule has 0 bridgehead atoms. The number of piperidine rings is 1. The van der Waals surface area contributed by atoms with Crippen molar-refractivity contribution in [1.29, 1.82) is 0 Å². The van der Waals surface area contributed by atoms with Gasteiger partial charge in [0.2, 0.25) is 0 Å². The molecular formula is C17H22F3N3O2. The largest absolute Gasteiger partial charge is 0.423 e. The molecule has 2 heterocycles. The van der Waals surface area contributed by atoms with Gasteiger partial charge in [0.15, 0.2) is 0 Å². The van der Waals surface area contributed by atoms with Gasteiger partial charge < -0.3 is 4.90 Å². The highest BCUT2D eigenvalue weighted by atomic mass is 19.4. The summed E-state index contributed by atoms with van der Waals surface area (Å²) in [6.45, 7) is 4.67. The number of anilines is 1. The van der Waals surface area contributed by atoms with Gasteiger partial charge in [0, 0.05) is 36.9 Å². The van der Waals surface area contributed by atoms with E-state index in [9.17, 15) is 23.3 Å². The highest BCUT2D eigenvalue weighted by molar-refractivity contribution is 5.57. The Morgan fingerprint density at radius 2 is 1.84 bits per heavy atom. The number of rotatable bonds is 3. The van der Waals surface area contributed by atoms with Gasteiger partial charge in [0.25, 0.3) is 5.69 Å². The normalized spacial score (nSPS) is 23.2. The first-order valence-corrected chi connectivity index (χ1v) is 8.63. The Hall–Kier alpha value is -1.83. The SMILES string of the molecule is CC1CCCN1C1CCN(c2ccc([N+](=O)[O-])c(C(F)(F)F)c2)CC1. The zero-order valence-electron chi connectivity index (χ0n) is 14.1. The van der Waals surface area contributed by atoms with Gasteiger partial charge in [-0.25, -0.2) is 0 Å². The lowest BCUT2D eigenvalue weighted by molar-refractivity contribution is -0.388. The van der Waals surface area contributed by atoms with Crippen LogP contribution in [0.1, 0.15) is 38.2 Å². The van der Waals surface area contributed by atoms with Crippen molar-refractivity contribution in [2.45, 2.75) is 50.9 Å². The molecule has 8 heteroatoms. The highest BCUT2D eigenvalue weighted by Crippen LogP contribution is 2.39. The molecule has 2 aliphatic heterocycles. The summed E-state index contributed by atoms with van der Waals surface area (Å²) in [7, 11) is 0. The number of nitrogens with zero attached hydrogens (tertiary/aromatic N) is 3. The summed E-state index contributed by atoms with van der Waals surface area (Å²) in [6, 6.07) is 4.36. The first-order valence-electron chi connectivity index (χ1n) is 8.63. The summed E-state index contributed by atoms with van der Waals surface area (Å²) in [5.74, 6) is 0. The van der Waals surface area contributed by atoms with Crippen LogP contribution in [0.5, 0.6) is 0 Å². The lowest BCUT2D eigenvalue weighted by atomic mass is 10.0. The summed E-state index contributed by atoms with van der Waals surface area (Å²) >= 11 is 0. The van der Waals surface area contributed by atoms with Gasteiger partial charge in [-0.05, 0) is 51.3 Å².